The van der Waals surface area contributed by atoms with E-state index in [1.807, 2.05) is 19.4 Å². The van der Waals surface area contributed by atoms with Gasteiger partial charge in [0, 0.05) is 35.7 Å². The molecule has 4 nitrogen and oxygen atoms in total. The van der Waals surface area contributed by atoms with Gasteiger partial charge in [-0.3, -0.25) is 4.98 Å². The van der Waals surface area contributed by atoms with E-state index in [1.165, 1.54) is 35.5 Å². The molecule has 2 heterocycles. The van der Waals surface area contributed by atoms with Crippen LogP contribution in [0.5, 0.6) is 0 Å². The van der Waals surface area contributed by atoms with E-state index in [9.17, 15) is 0 Å². The SMILES string of the molecule is Cc1cc(-n2cnc3c2CCCC3)c(CNC(C)C)cn1. The minimum atomic E-state index is 0.468. The first-order valence-corrected chi connectivity index (χ1v) is 7.89. The third-order valence-electron chi connectivity index (χ3n) is 4.09. The molecule has 0 amide bonds. The fourth-order valence-electron chi connectivity index (χ4n) is 2.92. The number of fused-ring (bicyclic) bond motifs is 1. The van der Waals surface area contributed by atoms with Crippen molar-refractivity contribution in [3.63, 3.8) is 0 Å². The smallest absolute Gasteiger partial charge is 0.0997 e. The number of aryl methyl sites for hydroxylation is 2. The number of nitrogens with zero attached hydrogens (tertiary/aromatic N) is 3. The lowest BCUT2D eigenvalue weighted by molar-refractivity contribution is 0.585. The van der Waals surface area contributed by atoms with E-state index in [4.69, 9.17) is 0 Å². The van der Waals surface area contributed by atoms with Crippen LogP contribution in [0, 0.1) is 6.92 Å². The zero-order valence-corrected chi connectivity index (χ0v) is 13.2. The van der Waals surface area contributed by atoms with Crippen molar-refractivity contribution >= 4 is 0 Å². The van der Waals surface area contributed by atoms with Gasteiger partial charge in [-0.05, 0) is 38.7 Å². The van der Waals surface area contributed by atoms with Gasteiger partial charge in [0.05, 0.1) is 17.7 Å². The van der Waals surface area contributed by atoms with Gasteiger partial charge in [-0.15, -0.1) is 0 Å². The zero-order valence-electron chi connectivity index (χ0n) is 13.2. The number of hydrogen-bond donors (Lipinski definition) is 1. The molecule has 0 aromatic carbocycles. The summed E-state index contributed by atoms with van der Waals surface area (Å²) in [5, 5.41) is 3.49. The van der Waals surface area contributed by atoms with Gasteiger partial charge in [-0.2, -0.15) is 0 Å². The Morgan fingerprint density at radius 1 is 1.24 bits per heavy atom. The van der Waals surface area contributed by atoms with Crippen LogP contribution in [-0.2, 0) is 19.4 Å². The molecule has 0 bridgehead atoms. The maximum absolute atomic E-state index is 4.62. The van der Waals surface area contributed by atoms with E-state index in [0.717, 1.165) is 25.1 Å². The summed E-state index contributed by atoms with van der Waals surface area (Å²) in [5.41, 5.74) is 6.18. The summed E-state index contributed by atoms with van der Waals surface area (Å²) >= 11 is 0. The normalized spacial score (nSPS) is 14.5. The van der Waals surface area contributed by atoms with Crippen molar-refractivity contribution in [1.82, 2.24) is 19.9 Å². The molecule has 0 radical (unpaired) electrons. The third-order valence-corrected chi connectivity index (χ3v) is 4.09. The number of imidazole rings is 1. The summed E-state index contributed by atoms with van der Waals surface area (Å²) in [6.07, 6.45) is 8.77. The maximum atomic E-state index is 4.62. The fourth-order valence-corrected chi connectivity index (χ4v) is 2.92. The molecule has 0 saturated carbocycles. The lowest BCUT2D eigenvalue weighted by Gasteiger charge is -2.18. The predicted octanol–water partition coefficient (Wildman–Crippen LogP) is 2.95. The van der Waals surface area contributed by atoms with Crippen LogP contribution in [0.25, 0.3) is 5.69 Å². The first-order chi connectivity index (χ1) is 10.1. The van der Waals surface area contributed by atoms with E-state index in [2.05, 4.69) is 39.8 Å². The summed E-state index contributed by atoms with van der Waals surface area (Å²) in [5.74, 6) is 0. The summed E-state index contributed by atoms with van der Waals surface area (Å²) in [6, 6.07) is 2.64. The second-order valence-electron chi connectivity index (χ2n) is 6.21. The van der Waals surface area contributed by atoms with Crippen LogP contribution in [0.4, 0.5) is 0 Å². The molecule has 0 saturated heterocycles. The van der Waals surface area contributed by atoms with Gasteiger partial charge in [0.2, 0.25) is 0 Å². The summed E-state index contributed by atoms with van der Waals surface area (Å²) in [7, 11) is 0. The Hall–Kier alpha value is -1.68. The summed E-state index contributed by atoms with van der Waals surface area (Å²) < 4.78 is 2.28. The number of hydrogen-bond acceptors (Lipinski definition) is 3. The van der Waals surface area contributed by atoms with Crippen LogP contribution >= 0.6 is 0 Å². The zero-order chi connectivity index (χ0) is 14.8. The lowest BCUT2D eigenvalue weighted by atomic mass is 10.0. The van der Waals surface area contributed by atoms with Crippen molar-refractivity contribution < 1.29 is 0 Å². The molecule has 21 heavy (non-hydrogen) atoms. The highest BCUT2D eigenvalue weighted by molar-refractivity contribution is 5.43. The van der Waals surface area contributed by atoms with Gasteiger partial charge in [0.15, 0.2) is 0 Å². The highest BCUT2D eigenvalue weighted by Gasteiger charge is 2.18. The van der Waals surface area contributed by atoms with Crippen LogP contribution < -0.4 is 5.32 Å². The van der Waals surface area contributed by atoms with Crippen molar-refractivity contribution in [2.75, 3.05) is 0 Å². The summed E-state index contributed by atoms with van der Waals surface area (Å²) in [4.78, 5) is 9.09. The molecule has 2 aromatic heterocycles. The number of pyridine rings is 1. The molecule has 3 rings (SSSR count). The molecule has 0 aliphatic heterocycles. The Morgan fingerprint density at radius 3 is 2.86 bits per heavy atom. The van der Waals surface area contributed by atoms with E-state index in [0.29, 0.717) is 6.04 Å². The third kappa shape index (κ3) is 3.00. The van der Waals surface area contributed by atoms with Gasteiger partial charge < -0.3 is 9.88 Å². The molecular weight excluding hydrogens is 260 g/mol. The van der Waals surface area contributed by atoms with Crippen LogP contribution in [-0.4, -0.2) is 20.6 Å². The quantitative estimate of drug-likeness (QED) is 0.938. The van der Waals surface area contributed by atoms with E-state index >= 15 is 0 Å². The minimum Gasteiger partial charge on any atom is -0.310 e. The highest BCUT2D eigenvalue weighted by Crippen LogP contribution is 2.25. The van der Waals surface area contributed by atoms with Gasteiger partial charge in [-0.25, -0.2) is 4.98 Å². The Kier molecular flexibility index (Phi) is 4.06. The average molecular weight is 284 g/mol. The van der Waals surface area contributed by atoms with Crippen LogP contribution in [0.3, 0.4) is 0 Å². The average Bonchev–Trinajstić information content (AvgIpc) is 2.89. The molecular formula is C17H24N4. The van der Waals surface area contributed by atoms with E-state index in [1.54, 1.807) is 0 Å². The van der Waals surface area contributed by atoms with Gasteiger partial charge in [0.25, 0.3) is 0 Å². The molecule has 112 valence electrons. The monoisotopic (exact) mass is 284 g/mol. The number of rotatable bonds is 4. The molecule has 0 spiro atoms. The van der Waals surface area contributed by atoms with Gasteiger partial charge in [-0.1, -0.05) is 13.8 Å². The van der Waals surface area contributed by atoms with E-state index in [-0.39, 0.29) is 0 Å². The molecule has 4 heteroatoms. The first kappa shape index (κ1) is 14.3. The van der Waals surface area contributed by atoms with Crippen molar-refractivity contribution in [3.8, 4) is 5.69 Å². The topological polar surface area (TPSA) is 42.7 Å². The Balaban J connectivity index is 2.00. The van der Waals surface area contributed by atoms with Crippen molar-refractivity contribution in [2.24, 2.45) is 0 Å². The molecule has 0 unspecified atom stereocenters. The largest absolute Gasteiger partial charge is 0.310 e. The molecule has 1 aliphatic rings. The molecule has 0 fully saturated rings. The molecule has 1 aliphatic carbocycles. The number of nitrogens with one attached hydrogen (secondary N) is 1. The van der Waals surface area contributed by atoms with Crippen LogP contribution in [0.2, 0.25) is 0 Å². The molecule has 0 atom stereocenters. The molecule has 2 aromatic rings. The van der Waals surface area contributed by atoms with Gasteiger partial charge >= 0.3 is 0 Å². The second-order valence-corrected chi connectivity index (χ2v) is 6.21. The fraction of sp³-hybridized carbons (Fsp3) is 0.529. The first-order valence-electron chi connectivity index (χ1n) is 7.89. The van der Waals surface area contributed by atoms with Gasteiger partial charge in [0.1, 0.15) is 0 Å². The second kappa shape index (κ2) is 5.98. The Morgan fingerprint density at radius 2 is 2.05 bits per heavy atom. The Bertz CT molecular complexity index is 628. The van der Waals surface area contributed by atoms with Crippen molar-refractivity contribution in [2.45, 2.75) is 59.0 Å². The summed E-state index contributed by atoms with van der Waals surface area (Å²) in [6.45, 7) is 7.22. The maximum Gasteiger partial charge on any atom is 0.0997 e. The number of aromatic nitrogens is 3. The van der Waals surface area contributed by atoms with Crippen molar-refractivity contribution in [1.29, 1.82) is 0 Å². The lowest BCUT2D eigenvalue weighted by Crippen LogP contribution is -2.23. The Labute approximate surface area is 126 Å². The minimum absolute atomic E-state index is 0.468. The van der Waals surface area contributed by atoms with Crippen LogP contribution in [0.15, 0.2) is 18.6 Å². The predicted molar refractivity (Wildman–Crippen MR) is 84.7 cm³/mol. The standard InChI is InChI=1S/C17H24N4/c1-12(2)18-9-14-10-19-13(3)8-17(14)21-11-20-15-6-4-5-7-16(15)21/h8,10-12,18H,4-7,9H2,1-3H3. The molecule has 1 N–H and O–H groups in total. The van der Waals surface area contributed by atoms with E-state index < -0.39 is 0 Å². The highest BCUT2D eigenvalue weighted by atomic mass is 15.1. The van der Waals surface area contributed by atoms with Crippen molar-refractivity contribution in [3.05, 3.63) is 41.2 Å². The van der Waals surface area contributed by atoms with Crippen LogP contribution in [0.1, 0.15) is 49.3 Å².